The Balaban J connectivity index is 3.00. The van der Waals surface area contributed by atoms with E-state index in [4.69, 9.17) is 11.6 Å². The van der Waals surface area contributed by atoms with E-state index in [0.29, 0.717) is 23.6 Å². The molecule has 0 spiro atoms. The first-order valence-electron chi connectivity index (χ1n) is 11.9. The number of hydrogen-bond donors (Lipinski definition) is 1. The highest BCUT2D eigenvalue weighted by Gasteiger charge is 2.26. The number of nitrogens with zero attached hydrogens (tertiary/aromatic N) is 2. The van der Waals surface area contributed by atoms with Gasteiger partial charge in [-0.3, -0.25) is 0 Å². The lowest BCUT2D eigenvalue weighted by molar-refractivity contribution is -0.125. The monoisotopic (exact) mass is 533 g/mol. The van der Waals surface area contributed by atoms with Crippen LogP contribution >= 0.6 is 11.6 Å². The number of anilines is 1. The van der Waals surface area contributed by atoms with Gasteiger partial charge in [0.1, 0.15) is 12.1 Å². The SMILES string of the molecule is C=NN(/C=C(C)/C=C\C=C(/C)Cl)/C(=C\CC(F)(F)F)Nc1ccc(C/C=C\C(=C/C)CCCC=O)cc1. The summed E-state index contributed by atoms with van der Waals surface area (Å²) in [7, 11) is 0. The van der Waals surface area contributed by atoms with Crippen LogP contribution < -0.4 is 5.32 Å². The molecule has 1 aromatic carbocycles. The summed E-state index contributed by atoms with van der Waals surface area (Å²) in [4.78, 5) is 10.5. The summed E-state index contributed by atoms with van der Waals surface area (Å²) in [6.45, 7) is 9.00. The fourth-order valence-electron chi connectivity index (χ4n) is 3.10. The number of alkyl halides is 3. The first-order valence-corrected chi connectivity index (χ1v) is 12.3. The standard InChI is InChI=1S/C29H35ClF3N3O/c1-5-25(12-6-7-21-37)13-9-14-26-15-17-27(18-16-26)35-28(19-20-29(31,32)33)36(34-4)22-23(2)10-8-11-24(3)30/h5,8-11,13,15-19,21-22,35H,4,6-7,12,14,20H2,1-3H3/b10-8-,13-9-,23-22+,24-11+,25-5-,28-19-. The van der Waals surface area contributed by atoms with Gasteiger partial charge >= 0.3 is 6.18 Å². The normalized spacial score (nSPS) is 13.9. The third kappa shape index (κ3) is 14.7. The molecule has 8 heteroatoms. The molecule has 0 fully saturated rings. The Morgan fingerprint density at radius 3 is 2.46 bits per heavy atom. The van der Waals surface area contributed by atoms with Gasteiger partial charge in [-0.25, -0.2) is 5.01 Å². The van der Waals surface area contributed by atoms with Crippen molar-refractivity contribution in [2.75, 3.05) is 5.32 Å². The molecule has 1 rings (SSSR count). The van der Waals surface area contributed by atoms with E-state index in [2.05, 4.69) is 29.3 Å². The maximum atomic E-state index is 13.0. The van der Waals surface area contributed by atoms with Crippen LogP contribution in [-0.2, 0) is 11.2 Å². The number of rotatable bonds is 15. The Morgan fingerprint density at radius 2 is 1.89 bits per heavy atom. The van der Waals surface area contributed by atoms with Crippen LogP contribution in [0.3, 0.4) is 0 Å². The molecule has 0 aromatic heterocycles. The summed E-state index contributed by atoms with van der Waals surface area (Å²) in [5.41, 5.74) is 3.56. The van der Waals surface area contributed by atoms with Gasteiger partial charge in [0.25, 0.3) is 0 Å². The van der Waals surface area contributed by atoms with Gasteiger partial charge in [-0.15, -0.1) is 0 Å². The first-order chi connectivity index (χ1) is 17.6. The van der Waals surface area contributed by atoms with Crippen molar-refractivity contribution < 1.29 is 18.0 Å². The molecular weight excluding hydrogens is 499 g/mol. The molecule has 4 nitrogen and oxygen atoms in total. The van der Waals surface area contributed by atoms with Crippen molar-refractivity contribution in [3.63, 3.8) is 0 Å². The van der Waals surface area contributed by atoms with Gasteiger partial charge in [0, 0.05) is 30.1 Å². The highest BCUT2D eigenvalue weighted by molar-refractivity contribution is 6.29. The third-order valence-electron chi connectivity index (χ3n) is 5.01. The summed E-state index contributed by atoms with van der Waals surface area (Å²) in [5, 5.41) is 8.76. The van der Waals surface area contributed by atoms with E-state index in [0.717, 1.165) is 36.3 Å². The van der Waals surface area contributed by atoms with Gasteiger partial charge in [-0.05, 0) is 75.5 Å². The molecule has 0 saturated heterocycles. The van der Waals surface area contributed by atoms with Crippen LogP contribution in [0, 0.1) is 0 Å². The zero-order valence-corrected chi connectivity index (χ0v) is 22.3. The Bertz CT molecular complexity index is 1050. The molecule has 0 aliphatic carbocycles. The first kappa shape index (κ1) is 31.7. The Hall–Kier alpha value is -3.32. The van der Waals surface area contributed by atoms with Crippen LogP contribution in [0.15, 0.2) is 100 Å². The number of carbonyl (C=O) groups is 1. The van der Waals surface area contributed by atoms with Crippen molar-refractivity contribution in [3.05, 3.63) is 101 Å². The van der Waals surface area contributed by atoms with E-state index in [1.165, 1.54) is 10.6 Å². The number of halogens is 4. The van der Waals surface area contributed by atoms with Crippen molar-refractivity contribution >= 4 is 30.3 Å². The van der Waals surface area contributed by atoms with Crippen molar-refractivity contribution in [1.82, 2.24) is 5.01 Å². The van der Waals surface area contributed by atoms with Crippen molar-refractivity contribution in [1.29, 1.82) is 0 Å². The van der Waals surface area contributed by atoms with Crippen molar-refractivity contribution in [3.8, 4) is 0 Å². The van der Waals surface area contributed by atoms with Crippen LogP contribution in [0.2, 0.25) is 0 Å². The summed E-state index contributed by atoms with van der Waals surface area (Å²) in [6.07, 6.45) is 12.3. The van der Waals surface area contributed by atoms with Gasteiger partial charge in [0.2, 0.25) is 0 Å². The van der Waals surface area contributed by atoms with Crippen LogP contribution in [0.4, 0.5) is 18.9 Å². The van der Waals surface area contributed by atoms with Gasteiger partial charge < -0.3 is 10.1 Å². The molecule has 0 atom stereocenters. The summed E-state index contributed by atoms with van der Waals surface area (Å²) < 4.78 is 38.9. The number of aldehydes is 1. The lowest BCUT2D eigenvalue weighted by atomic mass is 10.1. The Morgan fingerprint density at radius 1 is 1.19 bits per heavy atom. The molecular formula is C29H35ClF3N3O. The average Bonchev–Trinajstić information content (AvgIpc) is 2.84. The smallest absolute Gasteiger partial charge is 0.340 e. The molecule has 0 aliphatic rings. The molecule has 0 saturated carbocycles. The van der Waals surface area contributed by atoms with E-state index < -0.39 is 12.6 Å². The maximum absolute atomic E-state index is 13.0. The molecule has 1 N–H and O–H groups in total. The Labute approximate surface area is 223 Å². The number of hydrogen-bond acceptors (Lipinski definition) is 4. The second-order valence-electron chi connectivity index (χ2n) is 8.23. The van der Waals surface area contributed by atoms with Gasteiger partial charge in [-0.1, -0.05) is 59.7 Å². The van der Waals surface area contributed by atoms with Gasteiger partial charge in [-0.2, -0.15) is 18.3 Å². The highest BCUT2D eigenvalue weighted by atomic mass is 35.5. The molecule has 0 radical (unpaired) electrons. The number of benzene rings is 1. The lowest BCUT2D eigenvalue weighted by Crippen LogP contribution is -2.18. The fraction of sp³-hybridized carbons (Fsp3) is 0.310. The quantitative estimate of drug-likeness (QED) is 0.0805. The van der Waals surface area contributed by atoms with Crippen molar-refractivity contribution in [2.24, 2.45) is 5.10 Å². The third-order valence-corrected chi connectivity index (χ3v) is 5.13. The van der Waals surface area contributed by atoms with Crippen molar-refractivity contribution in [2.45, 2.75) is 59.1 Å². The largest absolute Gasteiger partial charge is 0.392 e. The van der Waals surface area contributed by atoms with E-state index in [-0.39, 0.29) is 5.82 Å². The van der Waals surface area contributed by atoms with Crippen LogP contribution in [0.5, 0.6) is 0 Å². The minimum Gasteiger partial charge on any atom is -0.340 e. The second-order valence-corrected chi connectivity index (χ2v) is 8.83. The molecule has 37 heavy (non-hydrogen) atoms. The van der Waals surface area contributed by atoms with Gasteiger partial charge in [0.05, 0.1) is 6.42 Å². The van der Waals surface area contributed by atoms with Crippen LogP contribution in [-0.4, -0.2) is 24.2 Å². The number of unbranched alkanes of at least 4 members (excludes halogenated alkanes) is 1. The number of nitrogens with one attached hydrogen (secondary N) is 1. The second kappa shape index (κ2) is 17.2. The van der Waals surface area contributed by atoms with Crippen LogP contribution in [0.1, 0.15) is 52.0 Å². The van der Waals surface area contributed by atoms with E-state index in [1.54, 1.807) is 50.4 Å². The summed E-state index contributed by atoms with van der Waals surface area (Å²) >= 11 is 5.81. The number of hydrazone groups is 1. The maximum Gasteiger partial charge on any atom is 0.392 e. The molecule has 0 bridgehead atoms. The van der Waals surface area contributed by atoms with E-state index >= 15 is 0 Å². The number of allylic oxidation sites excluding steroid dienone is 10. The zero-order valence-electron chi connectivity index (χ0n) is 21.6. The molecule has 0 amide bonds. The summed E-state index contributed by atoms with van der Waals surface area (Å²) in [5.74, 6) is 0.129. The fourth-order valence-corrected chi connectivity index (χ4v) is 3.17. The van der Waals surface area contributed by atoms with Crippen LogP contribution in [0.25, 0.3) is 0 Å². The lowest BCUT2D eigenvalue weighted by Gasteiger charge is -2.21. The number of carbonyl (C=O) groups excluding carboxylic acids is 1. The zero-order chi connectivity index (χ0) is 27.7. The van der Waals surface area contributed by atoms with Gasteiger partial charge in [0.15, 0.2) is 0 Å². The average molecular weight is 534 g/mol. The minimum absolute atomic E-state index is 0.129. The molecule has 200 valence electrons. The van der Waals surface area contributed by atoms with E-state index in [1.807, 2.05) is 25.1 Å². The predicted molar refractivity (Wildman–Crippen MR) is 149 cm³/mol. The van der Waals surface area contributed by atoms with E-state index in [9.17, 15) is 18.0 Å². The molecule has 1 aromatic rings. The topological polar surface area (TPSA) is 44.7 Å². The molecule has 0 heterocycles. The highest BCUT2D eigenvalue weighted by Crippen LogP contribution is 2.23. The Kier molecular flexibility index (Phi) is 14.7. The molecule has 0 unspecified atom stereocenters. The minimum atomic E-state index is -4.36. The summed E-state index contributed by atoms with van der Waals surface area (Å²) in [6, 6.07) is 7.42. The molecule has 0 aliphatic heterocycles. The predicted octanol–water partition coefficient (Wildman–Crippen LogP) is 8.83.